The highest BCUT2D eigenvalue weighted by Crippen LogP contribution is 2.21. The molecule has 34 heavy (non-hydrogen) atoms. The monoisotopic (exact) mass is 483 g/mol. The fourth-order valence-corrected chi connectivity index (χ4v) is 4.41. The molecule has 0 saturated heterocycles. The number of hydrogen-bond acceptors (Lipinski definition) is 6. The van der Waals surface area contributed by atoms with Crippen molar-refractivity contribution in [1.82, 2.24) is 24.8 Å². The molecule has 2 aromatic carbocycles. The van der Waals surface area contributed by atoms with Gasteiger partial charge in [-0.05, 0) is 48.9 Å². The van der Waals surface area contributed by atoms with E-state index in [1.54, 1.807) is 41.3 Å². The number of nitrogens with one attached hydrogen (secondary N) is 2. The highest BCUT2D eigenvalue weighted by Gasteiger charge is 2.16. The molecule has 11 heteroatoms. The zero-order chi connectivity index (χ0) is 24.3. The van der Waals surface area contributed by atoms with Crippen LogP contribution in [0.1, 0.15) is 22.8 Å². The number of halogens is 1. The Hall–Kier alpha value is -3.67. The first-order chi connectivity index (χ1) is 16.2. The Balaban J connectivity index is 1.47. The molecule has 4 aromatic rings. The van der Waals surface area contributed by atoms with Crippen LogP contribution in [0, 0.1) is 5.82 Å². The second-order valence-electron chi connectivity index (χ2n) is 7.68. The van der Waals surface area contributed by atoms with Gasteiger partial charge in [-0.1, -0.05) is 12.1 Å². The molecule has 9 nitrogen and oxygen atoms in total. The van der Waals surface area contributed by atoms with E-state index in [2.05, 4.69) is 20.1 Å². The number of aliphatic hydroxyl groups is 1. The number of carbonyl (C=O) groups is 1. The van der Waals surface area contributed by atoms with Crippen LogP contribution in [-0.4, -0.2) is 46.8 Å². The number of nitrogens with zero attached hydrogens (tertiary/aromatic N) is 3. The Morgan fingerprint density at radius 1 is 1.09 bits per heavy atom. The topological polar surface area (TPSA) is 126 Å². The lowest BCUT2D eigenvalue weighted by molar-refractivity contribution is 0.0952. The van der Waals surface area contributed by atoms with E-state index >= 15 is 0 Å². The summed E-state index contributed by atoms with van der Waals surface area (Å²) in [6.07, 6.45) is 3.77. The summed E-state index contributed by atoms with van der Waals surface area (Å²) in [5, 5.41) is 17.0. The lowest BCUT2D eigenvalue weighted by atomic mass is 10.1. The predicted molar refractivity (Wildman–Crippen MR) is 123 cm³/mol. The van der Waals surface area contributed by atoms with Gasteiger partial charge in [0.15, 0.2) is 0 Å². The largest absolute Gasteiger partial charge is 0.392 e. The molecule has 1 atom stereocenters. The van der Waals surface area contributed by atoms with Crippen molar-refractivity contribution in [1.29, 1.82) is 0 Å². The molecule has 0 spiro atoms. The normalized spacial score (nSPS) is 12.6. The van der Waals surface area contributed by atoms with Crippen LogP contribution in [0.4, 0.5) is 4.39 Å². The molecule has 0 radical (unpaired) electrons. The SMILES string of the molecule is CC(O)CNS(=O)(=O)c1ccc(CNC(=O)c2cncc3c2cnn3-c2ccc(F)cc2)cc1. The van der Waals surface area contributed by atoms with Crippen LogP contribution in [0.3, 0.4) is 0 Å². The minimum absolute atomic E-state index is 0.0606. The van der Waals surface area contributed by atoms with Crippen LogP contribution < -0.4 is 10.0 Å². The van der Waals surface area contributed by atoms with E-state index in [4.69, 9.17) is 0 Å². The van der Waals surface area contributed by atoms with Gasteiger partial charge in [-0.25, -0.2) is 22.2 Å². The Morgan fingerprint density at radius 3 is 2.47 bits per heavy atom. The van der Waals surface area contributed by atoms with Crippen molar-refractivity contribution in [2.24, 2.45) is 0 Å². The number of aromatic nitrogens is 3. The van der Waals surface area contributed by atoms with E-state index in [-0.39, 0.29) is 29.7 Å². The molecule has 176 valence electrons. The van der Waals surface area contributed by atoms with Gasteiger partial charge in [0.05, 0.1) is 40.2 Å². The van der Waals surface area contributed by atoms with Gasteiger partial charge in [-0.15, -0.1) is 0 Å². The fourth-order valence-electron chi connectivity index (χ4n) is 3.29. The summed E-state index contributed by atoms with van der Waals surface area (Å²) in [6.45, 7) is 1.57. The molecule has 0 aliphatic rings. The molecule has 0 bridgehead atoms. The Morgan fingerprint density at radius 2 is 1.79 bits per heavy atom. The van der Waals surface area contributed by atoms with Crippen molar-refractivity contribution in [2.75, 3.05) is 6.54 Å². The van der Waals surface area contributed by atoms with Crippen molar-refractivity contribution < 1.29 is 22.7 Å². The predicted octanol–water partition coefficient (Wildman–Crippen LogP) is 2.15. The van der Waals surface area contributed by atoms with Crippen molar-refractivity contribution in [3.8, 4) is 5.69 Å². The van der Waals surface area contributed by atoms with Crippen molar-refractivity contribution >= 4 is 26.8 Å². The summed E-state index contributed by atoms with van der Waals surface area (Å²) < 4.78 is 41.6. The van der Waals surface area contributed by atoms with Crippen LogP contribution in [0.25, 0.3) is 16.6 Å². The van der Waals surface area contributed by atoms with Gasteiger partial charge < -0.3 is 10.4 Å². The van der Waals surface area contributed by atoms with E-state index < -0.39 is 16.1 Å². The third-order valence-corrected chi connectivity index (χ3v) is 6.51. The smallest absolute Gasteiger partial charge is 0.253 e. The van der Waals surface area contributed by atoms with Crippen LogP contribution in [-0.2, 0) is 16.6 Å². The average Bonchev–Trinajstić information content (AvgIpc) is 3.26. The van der Waals surface area contributed by atoms with E-state index in [0.717, 1.165) is 0 Å². The summed E-state index contributed by atoms with van der Waals surface area (Å²) in [5.41, 5.74) is 2.25. The fraction of sp³-hybridized carbons (Fsp3) is 0.174. The number of hydrogen-bond donors (Lipinski definition) is 3. The van der Waals surface area contributed by atoms with E-state index in [1.807, 2.05) is 0 Å². The molecule has 0 fully saturated rings. The van der Waals surface area contributed by atoms with Crippen molar-refractivity contribution in [3.63, 3.8) is 0 Å². The maximum absolute atomic E-state index is 13.2. The summed E-state index contributed by atoms with van der Waals surface area (Å²) >= 11 is 0. The summed E-state index contributed by atoms with van der Waals surface area (Å²) in [7, 11) is -3.73. The quantitative estimate of drug-likeness (QED) is 0.353. The molecule has 2 aromatic heterocycles. The van der Waals surface area contributed by atoms with E-state index in [0.29, 0.717) is 27.7 Å². The first kappa shape index (κ1) is 23.5. The first-order valence-corrected chi connectivity index (χ1v) is 11.9. The third-order valence-electron chi connectivity index (χ3n) is 5.07. The summed E-state index contributed by atoms with van der Waals surface area (Å²) in [6, 6.07) is 11.9. The maximum Gasteiger partial charge on any atom is 0.253 e. The number of fused-ring (bicyclic) bond motifs is 1. The molecule has 3 N–H and O–H groups in total. The lowest BCUT2D eigenvalue weighted by Crippen LogP contribution is -2.30. The molecular formula is C23H22FN5O4S. The first-order valence-electron chi connectivity index (χ1n) is 10.4. The van der Waals surface area contributed by atoms with Crippen molar-refractivity contribution in [2.45, 2.75) is 24.5 Å². The zero-order valence-corrected chi connectivity index (χ0v) is 19.0. The third kappa shape index (κ3) is 5.11. The second kappa shape index (κ2) is 9.67. The number of benzene rings is 2. The number of amides is 1. The van der Waals surface area contributed by atoms with Gasteiger partial charge in [0.25, 0.3) is 5.91 Å². The standard InChI is InChI=1S/C23H22FN5O4S/c1-15(30)10-28-34(32,33)19-8-2-16(3-9-19)11-26-23(31)21-12-25-14-22-20(21)13-27-29(22)18-6-4-17(24)5-7-18/h2-9,12-15,28,30H,10-11H2,1H3,(H,26,31). The van der Waals surface area contributed by atoms with Crippen LogP contribution in [0.15, 0.2) is 72.0 Å². The average molecular weight is 484 g/mol. The summed E-state index contributed by atoms with van der Waals surface area (Å²) in [5.74, 6) is -0.730. The Bertz CT molecular complexity index is 1420. The maximum atomic E-state index is 13.2. The van der Waals surface area contributed by atoms with Crippen LogP contribution >= 0.6 is 0 Å². The number of sulfonamides is 1. The molecule has 1 amide bonds. The highest BCUT2D eigenvalue weighted by atomic mass is 32.2. The molecule has 0 saturated carbocycles. The zero-order valence-electron chi connectivity index (χ0n) is 18.1. The van der Waals surface area contributed by atoms with Gasteiger partial charge in [0.2, 0.25) is 10.0 Å². The summed E-state index contributed by atoms with van der Waals surface area (Å²) in [4.78, 5) is 17.0. The highest BCUT2D eigenvalue weighted by molar-refractivity contribution is 7.89. The Labute approximate surface area is 195 Å². The molecule has 1 unspecified atom stereocenters. The van der Waals surface area contributed by atoms with E-state index in [1.165, 1.54) is 37.4 Å². The van der Waals surface area contributed by atoms with Crippen molar-refractivity contribution in [3.05, 3.63) is 84.1 Å². The second-order valence-corrected chi connectivity index (χ2v) is 9.45. The number of aliphatic hydroxyl groups excluding tert-OH is 1. The molecule has 2 heterocycles. The van der Waals surface area contributed by atoms with Gasteiger partial charge in [-0.3, -0.25) is 9.78 Å². The molecular weight excluding hydrogens is 461 g/mol. The number of rotatable bonds is 8. The van der Waals surface area contributed by atoms with Gasteiger partial charge in [0, 0.05) is 24.7 Å². The minimum Gasteiger partial charge on any atom is -0.392 e. The van der Waals surface area contributed by atoms with Crippen LogP contribution in [0.5, 0.6) is 0 Å². The lowest BCUT2D eigenvalue weighted by Gasteiger charge is -2.10. The van der Waals surface area contributed by atoms with Gasteiger partial charge >= 0.3 is 0 Å². The number of carbonyl (C=O) groups excluding carboxylic acids is 1. The Kier molecular flexibility index (Phi) is 6.68. The molecule has 0 aliphatic carbocycles. The van der Waals surface area contributed by atoms with E-state index in [9.17, 15) is 22.7 Å². The minimum atomic E-state index is -3.73. The number of pyridine rings is 1. The van der Waals surface area contributed by atoms with Gasteiger partial charge in [0.1, 0.15) is 5.82 Å². The molecule has 4 rings (SSSR count). The van der Waals surface area contributed by atoms with Crippen LogP contribution in [0.2, 0.25) is 0 Å². The molecule has 0 aliphatic heterocycles. The van der Waals surface area contributed by atoms with Gasteiger partial charge in [-0.2, -0.15) is 5.10 Å².